The maximum absolute atomic E-state index is 5.45. The Hall–Kier alpha value is -2.30. The van der Waals surface area contributed by atoms with Crippen LogP contribution in [-0.4, -0.2) is 26.9 Å². The van der Waals surface area contributed by atoms with Gasteiger partial charge in [-0.1, -0.05) is 12.1 Å². The number of aromatic amines is 1. The maximum Gasteiger partial charge on any atom is 0.177 e. The number of hydrogen-bond acceptors (Lipinski definition) is 3. The Kier molecular flexibility index (Phi) is 2.96. The fourth-order valence-corrected chi connectivity index (χ4v) is 3.07. The van der Waals surface area contributed by atoms with Gasteiger partial charge in [-0.15, -0.1) is 0 Å². The first kappa shape index (κ1) is 13.4. The molecule has 0 bridgehead atoms. The van der Waals surface area contributed by atoms with Crippen LogP contribution in [0.5, 0.6) is 5.75 Å². The van der Waals surface area contributed by atoms with Crippen molar-refractivity contribution in [2.75, 3.05) is 7.11 Å². The van der Waals surface area contributed by atoms with Gasteiger partial charge in [0.25, 0.3) is 0 Å². The second-order valence-electron chi connectivity index (χ2n) is 6.09. The van der Waals surface area contributed by atoms with Crippen molar-refractivity contribution in [3.05, 3.63) is 30.0 Å². The molecule has 0 spiro atoms. The van der Waals surface area contributed by atoms with E-state index < -0.39 is 0 Å². The first-order valence-electron chi connectivity index (χ1n) is 7.77. The summed E-state index contributed by atoms with van der Waals surface area (Å²) < 4.78 is 7.53. The van der Waals surface area contributed by atoms with E-state index in [1.165, 1.54) is 12.8 Å². The molecule has 4 rings (SSSR count). The minimum Gasteiger partial charge on any atom is -0.496 e. The van der Waals surface area contributed by atoms with Crippen LogP contribution in [0, 0.1) is 12.8 Å². The molecular formula is C17H20N4O. The number of hydrogen-bond donors (Lipinski definition) is 1. The predicted molar refractivity (Wildman–Crippen MR) is 86.0 cm³/mol. The monoisotopic (exact) mass is 296 g/mol. The van der Waals surface area contributed by atoms with Gasteiger partial charge < -0.3 is 9.72 Å². The number of benzene rings is 1. The van der Waals surface area contributed by atoms with E-state index in [9.17, 15) is 0 Å². The number of fused-ring (bicyclic) bond motifs is 1. The van der Waals surface area contributed by atoms with Gasteiger partial charge in [-0.05, 0) is 44.7 Å². The van der Waals surface area contributed by atoms with Crippen molar-refractivity contribution >= 4 is 11.2 Å². The number of imidazole rings is 1. The molecule has 0 amide bonds. The highest BCUT2D eigenvalue weighted by Crippen LogP contribution is 2.40. The smallest absolute Gasteiger partial charge is 0.177 e. The number of nitrogens with zero attached hydrogens (tertiary/aromatic N) is 3. The first-order valence-corrected chi connectivity index (χ1v) is 7.77. The summed E-state index contributed by atoms with van der Waals surface area (Å²) in [4.78, 5) is 8.22. The summed E-state index contributed by atoms with van der Waals surface area (Å²) in [6.07, 6.45) is 2.59. The molecule has 2 aromatic heterocycles. The number of aromatic nitrogens is 4. The Morgan fingerprint density at radius 2 is 2.09 bits per heavy atom. The average Bonchev–Trinajstić information content (AvgIpc) is 3.23. The predicted octanol–water partition coefficient (Wildman–Crippen LogP) is 3.71. The summed E-state index contributed by atoms with van der Waals surface area (Å²) in [5.74, 6) is 2.41. The number of ether oxygens (including phenoxy) is 1. The molecule has 0 aliphatic heterocycles. The number of nitrogens with one attached hydrogen (secondary N) is 1. The highest BCUT2D eigenvalue weighted by Gasteiger charge is 2.31. The molecule has 1 aliphatic rings. The van der Waals surface area contributed by atoms with Crippen molar-refractivity contribution in [2.24, 2.45) is 5.92 Å². The normalized spacial score (nSPS) is 16.1. The Balaban J connectivity index is 1.85. The van der Waals surface area contributed by atoms with Crippen molar-refractivity contribution < 1.29 is 4.74 Å². The molecule has 5 heteroatoms. The van der Waals surface area contributed by atoms with Crippen molar-refractivity contribution in [3.63, 3.8) is 0 Å². The van der Waals surface area contributed by atoms with Gasteiger partial charge in [0.1, 0.15) is 17.1 Å². The molecule has 1 saturated carbocycles. The van der Waals surface area contributed by atoms with Crippen LogP contribution in [0.25, 0.3) is 22.6 Å². The zero-order valence-electron chi connectivity index (χ0n) is 13.1. The van der Waals surface area contributed by atoms with Crippen molar-refractivity contribution in [2.45, 2.75) is 32.7 Å². The SMILES string of the molecule is COc1ccccc1-c1nc2c([nH]1)c(C)nn2C(C)C1CC1. The Bertz CT molecular complexity index is 828. The van der Waals surface area contributed by atoms with E-state index in [0.29, 0.717) is 6.04 Å². The molecule has 2 heterocycles. The summed E-state index contributed by atoms with van der Waals surface area (Å²) in [7, 11) is 1.68. The molecule has 1 aromatic carbocycles. The lowest BCUT2D eigenvalue weighted by atomic mass is 10.2. The van der Waals surface area contributed by atoms with Gasteiger partial charge >= 0.3 is 0 Å². The van der Waals surface area contributed by atoms with Gasteiger partial charge in [-0.25, -0.2) is 9.67 Å². The van der Waals surface area contributed by atoms with Gasteiger partial charge in [-0.2, -0.15) is 5.10 Å². The van der Waals surface area contributed by atoms with Gasteiger partial charge in [0.2, 0.25) is 0 Å². The Morgan fingerprint density at radius 1 is 1.32 bits per heavy atom. The van der Waals surface area contributed by atoms with E-state index >= 15 is 0 Å². The summed E-state index contributed by atoms with van der Waals surface area (Å²) in [6.45, 7) is 4.27. The van der Waals surface area contributed by atoms with Crippen LogP contribution >= 0.6 is 0 Å². The van der Waals surface area contributed by atoms with Crippen LogP contribution in [-0.2, 0) is 0 Å². The van der Waals surface area contributed by atoms with Gasteiger partial charge in [0, 0.05) is 0 Å². The number of rotatable bonds is 4. The lowest BCUT2D eigenvalue weighted by molar-refractivity contribution is 0.416. The molecule has 114 valence electrons. The van der Waals surface area contributed by atoms with Crippen molar-refractivity contribution in [3.8, 4) is 17.1 Å². The Labute approximate surface area is 129 Å². The molecule has 0 saturated heterocycles. The largest absolute Gasteiger partial charge is 0.496 e. The topological polar surface area (TPSA) is 55.7 Å². The maximum atomic E-state index is 5.45. The van der Waals surface area contributed by atoms with E-state index in [1.54, 1.807) is 7.11 Å². The van der Waals surface area contributed by atoms with Crippen LogP contribution < -0.4 is 4.74 Å². The molecule has 1 aliphatic carbocycles. The third-order valence-electron chi connectivity index (χ3n) is 4.57. The quantitative estimate of drug-likeness (QED) is 0.798. The van der Waals surface area contributed by atoms with Crippen molar-refractivity contribution in [1.29, 1.82) is 0 Å². The van der Waals surface area contributed by atoms with Crippen LogP contribution in [0.15, 0.2) is 24.3 Å². The number of methoxy groups -OCH3 is 1. The zero-order chi connectivity index (χ0) is 15.3. The highest BCUT2D eigenvalue weighted by atomic mass is 16.5. The summed E-state index contributed by atoms with van der Waals surface area (Å²) in [5.41, 5.74) is 3.94. The molecule has 1 atom stereocenters. The zero-order valence-corrected chi connectivity index (χ0v) is 13.1. The van der Waals surface area contributed by atoms with E-state index in [1.807, 2.05) is 31.2 Å². The molecule has 0 radical (unpaired) electrons. The lowest BCUT2D eigenvalue weighted by Gasteiger charge is -2.10. The second-order valence-corrected chi connectivity index (χ2v) is 6.09. The first-order chi connectivity index (χ1) is 10.7. The minimum absolute atomic E-state index is 0.407. The van der Waals surface area contributed by atoms with Gasteiger partial charge in [-0.3, -0.25) is 0 Å². The van der Waals surface area contributed by atoms with E-state index in [2.05, 4.69) is 21.7 Å². The Morgan fingerprint density at radius 3 is 2.82 bits per heavy atom. The molecule has 1 fully saturated rings. The molecule has 1 N–H and O–H groups in total. The molecule has 22 heavy (non-hydrogen) atoms. The molecule has 1 unspecified atom stereocenters. The van der Waals surface area contributed by atoms with Crippen molar-refractivity contribution in [1.82, 2.24) is 19.7 Å². The fraction of sp³-hybridized carbons (Fsp3) is 0.412. The molecule has 5 nitrogen and oxygen atoms in total. The summed E-state index contributed by atoms with van der Waals surface area (Å²) in [6, 6.07) is 8.34. The third-order valence-corrected chi connectivity index (χ3v) is 4.57. The summed E-state index contributed by atoms with van der Waals surface area (Å²) in [5, 5.41) is 4.68. The van der Waals surface area contributed by atoms with Crippen LogP contribution in [0.3, 0.4) is 0 Å². The molecule has 3 aromatic rings. The third kappa shape index (κ3) is 2.00. The number of H-pyrrole nitrogens is 1. The van der Waals surface area contributed by atoms with Crippen LogP contribution in [0.2, 0.25) is 0 Å². The number of para-hydroxylation sites is 1. The van der Waals surface area contributed by atoms with Crippen LogP contribution in [0.4, 0.5) is 0 Å². The fourth-order valence-electron chi connectivity index (χ4n) is 3.07. The summed E-state index contributed by atoms with van der Waals surface area (Å²) >= 11 is 0. The lowest BCUT2D eigenvalue weighted by Crippen LogP contribution is -2.09. The van der Waals surface area contributed by atoms with Crippen LogP contribution in [0.1, 0.15) is 31.5 Å². The van der Waals surface area contributed by atoms with Gasteiger partial charge in [0.05, 0.1) is 24.4 Å². The van der Waals surface area contributed by atoms with Gasteiger partial charge in [0.15, 0.2) is 5.65 Å². The standard InChI is InChI=1S/C17H20N4O/c1-10-15-17(21(20-10)11(2)12-8-9-12)19-16(18-15)13-6-4-5-7-14(13)22-3/h4-7,11-12H,8-9H2,1-3H3,(H,18,19). The van der Waals surface area contributed by atoms with E-state index in [0.717, 1.165) is 39.9 Å². The second kappa shape index (κ2) is 4.87. The molecular weight excluding hydrogens is 276 g/mol. The number of aryl methyl sites for hydroxylation is 1. The van der Waals surface area contributed by atoms with E-state index in [-0.39, 0.29) is 0 Å². The van der Waals surface area contributed by atoms with E-state index in [4.69, 9.17) is 9.72 Å². The minimum atomic E-state index is 0.407. The average molecular weight is 296 g/mol. The highest BCUT2D eigenvalue weighted by molar-refractivity contribution is 5.80.